The third-order valence-corrected chi connectivity index (χ3v) is 6.09. The van der Waals surface area contributed by atoms with Gasteiger partial charge in [-0.2, -0.15) is 0 Å². The molecule has 0 N–H and O–H groups in total. The van der Waals surface area contributed by atoms with Crippen LogP contribution < -0.4 is 4.31 Å². The average Bonchev–Trinajstić information content (AvgIpc) is 3.14. The van der Waals surface area contributed by atoms with Gasteiger partial charge in [-0.1, -0.05) is 18.2 Å². The normalized spacial score (nSPS) is 11.6. The highest BCUT2D eigenvalue weighted by Crippen LogP contribution is 2.31. The Kier molecular flexibility index (Phi) is 4.80. The van der Waals surface area contributed by atoms with Crippen molar-refractivity contribution < 1.29 is 12.8 Å². The average molecular weight is 427 g/mol. The van der Waals surface area contributed by atoms with Crippen LogP contribution in [-0.2, 0) is 16.6 Å². The van der Waals surface area contributed by atoms with Gasteiger partial charge in [-0.25, -0.2) is 13.4 Å². The van der Waals surface area contributed by atoms with Crippen LogP contribution in [0, 0.1) is 6.92 Å². The van der Waals surface area contributed by atoms with Crippen molar-refractivity contribution in [3.8, 4) is 10.8 Å². The van der Waals surface area contributed by atoms with Crippen LogP contribution in [-0.4, -0.2) is 19.7 Å². The summed E-state index contributed by atoms with van der Waals surface area (Å²) in [6.07, 6.45) is 1.18. The van der Waals surface area contributed by atoms with Gasteiger partial charge in [0.1, 0.15) is 11.5 Å². The van der Waals surface area contributed by atoms with Crippen molar-refractivity contribution in [2.45, 2.75) is 13.5 Å². The van der Waals surface area contributed by atoms with E-state index in [1.54, 1.807) is 25.1 Å². The maximum atomic E-state index is 12.3. The van der Waals surface area contributed by atoms with Crippen LogP contribution in [0.25, 0.3) is 10.8 Å². The van der Waals surface area contributed by atoms with E-state index in [0.717, 1.165) is 4.88 Å². The second-order valence-corrected chi connectivity index (χ2v) is 8.93. The fourth-order valence-corrected chi connectivity index (χ4v) is 4.39. The SMILES string of the molecule is Cc1oc(-c2cccs2)nc1CN(c1ccccc1Br)S(C)(=O)=O. The minimum absolute atomic E-state index is 0.113. The quantitative estimate of drug-likeness (QED) is 0.604. The summed E-state index contributed by atoms with van der Waals surface area (Å²) in [5.74, 6) is 1.12. The number of nitrogens with zero attached hydrogens (tertiary/aromatic N) is 2. The van der Waals surface area contributed by atoms with E-state index in [-0.39, 0.29) is 6.54 Å². The predicted octanol–water partition coefficient (Wildman–Crippen LogP) is 4.44. The van der Waals surface area contributed by atoms with Crippen LogP contribution in [0.5, 0.6) is 0 Å². The molecule has 0 unspecified atom stereocenters. The van der Waals surface area contributed by atoms with Gasteiger partial charge in [-0.05, 0) is 46.4 Å². The summed E-state index contributed by atoms with van der Waals surface area (Å²) in [5, 5.41) is 1.94. The molecule has 0 amide bonds. The number of sulfonamides is 1. The first kappa shape index (κ1) is 17.2. The number of thiophene rings is 1. The Morgan fingerprint density at radius 2 is 2.00 bits per heavy atom. The van der Waals surface area contributed by atoms with Crippen molar-refractivity contribution >= 4 is 43.0 Å². The summed E-state index contributed by atoms with van der Waals surface area (Å²) in [4.78, 5) is 5.40. The van der Waals surface area contributed by atoms with E-state index in [2.05, 4.69) is 20.9 Å². The lowest BCUT2D eigenvalue weighted by Crippen LogP contribution is -2.30. The smallest absolute Gasteiger partial charge is 0.236 e. The molecule has 0 aliphatic rings. The molecule has 0 saturated heterocycles. The molecule has 0 aliphatic heterocycles. The van der Waals surface area contributed by atoms with Crippen molar-refractivity contribution in [2.24, 2.45) is 0 Å². The second-order valence-electron chi connectivity index (χ2n) is 5.22. The fourth-order valence-electron chi connectivity index (χ4n) is 2.25. The van der Waals surface area contributed by atoms with Crippen LogP contribution in [0.4, 0.5) is 5.69 Å². The van der Waals surface area contributed by atoms with Crippen molar-refractivity contribution in [1.29, 1.82) is 0 Å². The molecular formula is C16H15BrN2O3S2. The van der Waals surface area contributed by atoms with E-state index in [1.807, 2.05) is 23.6 Å². The molecule has 2 aromatic heterocycles. The number of oxazole rings is 1. The van der Waals surface area contributed by atoms with E-state index < -0.39 is 10.0 Å². The predicted molar refractivity (Wildman–Crippen MR) is 99.7 cm³/mol. The molecule has 126 valence electrons. The molecular weight excluding hydrogens is 412 g/mol. The van der Waals surface area contributed by atoms with Crippen molar-refractivity contribution in [3.63, 3.8) is 0 Å². The molecule has 0 fully saturated rings. The topological polar surface area (TPSA) is 63.4 Å². The monoisotopic (exact) mass is 426 g/mol. The highest BCUT2D eigenvalue weighted by molar-refractivity contribution is 9.10. The van der Waals surface area contributed by atoms with Crippen LogP contribution in [0.15, 0.2) is 50.7 Å². The summed E-state index contributed by atoms with van der Waals surface area (Å²) < 4.78 is 32.3. The van der Waals surface area contributed by atoms with Crippen molar-refractivity contribution in [3.05, 3.63) is 57.7 Å². The maximum absolute atomic E-state index is 12.3. The standard InChI is InChI=1S/C16H15BrN2O3S2/c1-11-13(18-16(22-11)15-8-5-9-23-15)10-19(24(2,20)21)14-7-4-3-6-12(14)17/h3-9H,10H2,1-2H3. The number of anilines is 1. The lowest BCUT2D eigenvalue weighted by Gasteiger charge is -2.22. The zero-order valence-corrected chi connectivity index (χ0v) is 16.3. The lowest BCUT2D eigenvalue weighted by atomic mass is 10.3. The highest BCUT2D eigenvalue weighted by Gasteiger charge is 2.23. The van der Waals surface area contributed by atoms with Gasteiger partial charge >= 0.3 is 0 Å². The first-order valence-electron chi connectivity index (χ1n) is 7.08. The van der Waals surface area contributed by atoms with E-state index in [1.165, 1.54) is 21.9 Å². The fraction of sp³-hybridized carbons (Fsp3) is 0.188. The molecule has 0 bridgehead atoms. The maximum Gasteiger partial charge on any atom is 0.236 e. The van der Waals surface area contributed by atoms with Gasteiger partial charge in [0.2, 0.25) is 15.9 Å². The number of hydrogen-bond donors (Lipinski definition) is 0. The zero-order chi connectivity index (χ0) is 17.3. The minimum atomic E-state index is -3.48. The largest absolute Gasteiger partial charge is 0.440 e. The molecule has 0 saturated carbocycles. The lowest BCUT2D eigenvalue weighted by molar-refractivity contribution is 0.540. The molecule has 2 heterocycles. The third kappa shape index (κ3) is 3.55. The number of benzene rings is 1. The van der Waals surface area contributed by atoms with Gasteiger partial charge in [0.15, 0.2) is 0 Å². The number of aryl methyl sites for hydroxylation is 1. The molecule has 0 spiro atoms. The molecule has 0 radical (unpaired) electrons. The summed E-state index contributed by atoms with van der Waals surface area (Å²) >= 11 is 4.94. The number of hydrogen-bond acceptors (Lipinski definition) is 5. The minimum Gasteiger partial charge on any atom is -0.440 e. The van der Waals surface area contributed by atoms with E-state index >= 15 is 0 Å². The van der Waals surface area contributed by atoms with Gasteiger partial charge in [0.25, 0.3) is 0 Å². The van der Waals surface area contributed by atoms with Gasteiger partial charge in [0.05, 0.1) is 23.4 Å². The number of para-hydroxylation sites is 1. The Morgan fingerprint density at radius 1 is 1.25 bits per heavy atom. The Labute approximate surface area is 153 Å². The number of halogens is 1. The summed E-state index contributed by atoms with van der Waals surface area (Å²) in [6.45, 7) is 1.90. The van der Waals surface area contributed by atoms with Crippen LogP contribution in [0.3, 0.4) is 0 Å². The second kappa shape index (κ2) is 6.70. The summed E-state index contributed by atoms with van der Waals surface area (Å²) in [7, 11) is -3.48. The van der Waals surface area contributed by atoms with Crippen molar-refractivity contribution in [1.82, 2.24) is 4.98 Å². The Balaban J connectivity index is 1.99. The van der Waals surface area contributed by atoms with E-state index in [0.29, 0.717) is 27.5 Å². The van der Waals surface area contributed by atoms with Gasteiger partial charge in [-0.3, -0.25) is 4.31 Å². The Hall–Kier alpha value is -1.64. The molecule has 1 aromatic carbocycles. The summed E-state index contributed by atoms with van der Waals surface area (Å²) in [5.41, 5.74) is 1.17. The van der Waals surface area contributed by atoms with Gasteiger partial charge < -0.3 is 4.42 Å². The Bertz CT molecular complexity index is 950. The first-order chi connectivity index (χ1) is 11.4. The van der Waals surface area contributed by atoms with Crippen LogP contribution >= 0.6 is 27.3 Å². The zero-order valence-electron chi connectivity index (χ0n) is 13.1. The molecule has 0 aliphatic carbocycles. The molecule has 0 atom stereocenters. The third-order valence-electron chi connectivity index (χ3n) is 3.44. The molecule has 8 heteroatoms. The molecule has 3 rings (SSSR count). The molecule has 3 aromatic rings. The van der Waals surface area contributed by atoms with Crippen LogP contribution in [0.2, 0.25) is 0 Å². The molecule has 5 nitrogen and oxygen atoms in total. The Morgan fingerprint density at radius 3 is 2.62 bits per heavy atom. The van der Waals surface area contributed by atoms with E-state index in [4.69, 9.17) is 4.42 Å². The highest BCUT2D eigenvalue weighted by atomic mass is 79.9. The summed E-state index contributed by atoms with van der Waals surface area (Å²) in [6, 6.07) is 11.0. The van der Waals surface area contributed by atoms with Gasteiger partial charge in [0, 0.05) is 4.47 Å². The van der Waals surface area contributed by atoms with Gasteiger partial charge in [-0.15, -0.1) is 11.3 Å². The first-order valence-corrected chi connectivity index (χ1v) is 10.6. The van der Waals surface area contributed by atoms with Crippen molar-refractivity contribution in [2.75, 3.05) is 10.6 Å². The molecule has 24 heavy (non-hydrogen) atoms. The number of rotatable bonds is 5. The van der Waals surface area contributed by atoms with Crippen LogP contribution in [0.1, 0.15) is 11.5 Å². The number of aromatic nitrogens is 1. The van der Waals surface area contributed by atoms with E-state index in [9.17, 15) is 8.42 Å².